The average molecular weight is 443 g/mol. The van der Waals surface area contributed by atoms with Gasteiger partial charge in [0.05, 0.1) is 12.5 Å². The number of hydrogen-bond acceptors (Lipinski definition) is 3. The molecule has 32 heavy (non-hydrogen) atoms. The van der Waals surface area contributed by atoms with Gasteiger partial charge in [0.15, 0.2) is 0 Å². The van der Waals surface area contributed by atoms with Gasteiger partial charge in [0, 0.05) is 13.1 Å². The molecule has 3 rings (SSSR count). The summed E-state index contributed by atoms with van der Waals surface area (Å²) < 4.78 is 26.6. The third-order valence-corrected chi connectivity index (χ3v) is 5.64. The molecule has 6 nitrogen and oxygen atoms in total. The molecule has 3 amide bonds. The first-order chi connectivity index (χ1) is 15.2. The number of likely N-dealkylation sites (tertiary alicyclic amines) is 1. The minimum Gasteiger partial charge on any atom is -0.344 e. The maximum atomic E-state index is 13.3. The first kappa shape index (κ1) is 23.4. The molecule has 3 atom stereocenters. The van der Waals surface area contributed by atoms with Crippen LogP contribution in [-0.4, -0.2) is 41.8 Å². The summed E-state index contributed by atoms with van der Waals surface area (Å²) in [6, 6.07) is 10.9. The highest BCUT2D eigenvalue weighted by Gasteiger charge is 2.33. The highest BCUT2D eigenvalue weighted by Crippen LogP contribution is 2.29. The number of halogens is 2. The summed E-state index contributed by atoms with van der Waals surface area (Å²) in [7, 11) is 1.73. The molecule has 1 heterocycles. The van der Waals surface area contributed by atoms with Crippen molar-refractivity contribution in [1.82, 2.24) is 15.5 Å². The van der Waals surface area contributed by atoms with Crippen LogP contribution in [0.5, 0.6) is 0 Å². The summed E-state index contributed by atoms with van der Waals surface area (Å²) in [6.07, 6.45) is 1.78. The first-order valence-corrected chi connectivity index (χ1v) is 10.6. The molecule has 1 saturated heterocycles. The fraction of sp³-hybridized carbons (Fsp3) is 0.375. The van der Waals surface area contributed by atoms with Gasteiger partial charge in [-0.15, -0.1) is 0 Å². The van der Waals surface area contributed by atoms with Crippen molar-refractivity contribution in [2.24, 2.45) is 0 Å². The lowest BCUT2D eigenvalue weighted by Gasteiger charge is -2.29. The van der Waals surface area contributed by atoms with Crippen molar-refractivity contribution in [2.45, 2.75) is 50.7 Å². The molecule has 0 bridgehead atoms. The van der Waals surface area contributed by atoms with E-state index in [9.17, 15) is 23.2 Å². The van der Waals surface area contributed by atoms with Gasteiger partial charge >= 0.3 is 0 Å². The lowest BCUT2D eigenvalue weighted by atomic mass is 10.0. The molecule has 2 aromatic carbocycles. The second-order valence-electron chi connectivity index (χ2n) is 8.11. The van der Waals surface area contributed by atoms with Crippen LogP contribution in [0.3, 0.4) is 0 Å². The largest absolute Gasteiger partial charge is 0.344 e. The number of nitrogens with one attached hydrogen (secondary N) is 2. The van der Waals surface area contributed by atoms with Crippen molar-refractivity contribution in [3.05, 3.63) is 71.3 Å². The van der Waals surface area contributed by atoms with Crippen LogP contribution in [0.15, 0.2) is 48.5 Å². The lowest BCUT2D eigenvalue weighted by molar-refractivity contribution is -0.137. The van der Waals surface area contributed by atoms with E-state index in [1.165, 1.54) is 6.92 Å². The van der Waals surface area contributed by atoms with E-state index in [1.54, 1.807) is 11.9 Å². The zero-order valence-electron chi connectivity index (χ0n) is 18.1. The van der Waals surface area contributed by atoms with Crippen LogP contribution < -0.4 is 10.6 Å². The zero-order chi connectivity index (χ0) is 23.3. The molecule has 1 aliphatic heterocycles. The molecule has 0 aromatic heterocycles. The number of nitrogens with zero attached hydrogens (tertiary/aromatic N) is 1. The van der Waals surface area contributed by atoms with Gasteiger partial charge in [0.2, 0.25) is 17.7 Å². The van der Waals surface area contributed by atoms with Crippen LogP contribution >= 0.6 is 0 Å². The van der Waals surface area contributed by atoms with Crippen LogP contribution in [0.1, 0.15) is 43.4 Å². The smallest absolute Gasteiger partial charge is 0.245 e. The highest BCUT2D eigenvalue weighted by atomic mass is 19.1. The monoisotopic (exact) mass is 443 g/mol. The molecule has 0 radical (unpaired) electrons. The molecule has 0 saturated carbocycles. The van der Waals surface area contributed by atoms with Gasteiger partial charge in [-0.1, -0.05) is 30.3 Å². The third-order valence-electron chi connectivity index (χ3n) is 5.64. The van der Waals surface area contributed by atoms with Crippen LogP contribution in [0.25, 0.3) is 0 Å². The third kappa shape index (κ3) is 5.90. The minimum absolute atomic E-state index is 0.0607. The van der Waals surface area contributed by atoms with E-state index in [0.717, 1.165) is 36.6 Å². The topological polar surface area (TPSA) is 78.5 Å². The number of carbonyl (C=O) groups excluding carboxylic acids is 3. The minimum atomic E-state index is -0.910. The van der Waals surface area contributed by atoms with Crippen molar-refractivity contribution in [1.29, 1.82) is 0 Å². The van der Waals surface area contributed by atoms with E-state index in [-0.39, 0.29) is 23.9 Å². The molecule has 1 fully saturated rings. The van der Waals surface area contributed by atoms with E-state index < -0.39 is 35.5 Å². The highest BCUT2D eigenvalue weighted by molar-refractivity contribution is 5.92. The molecule has 2 aromatic rings. The van der Waals surface area contributed by atoms with Crippen LogP contribution in [0, 0.1) is 11.6 Å². The first-order valence-electron chi connectivity index (χ1n) is 10.6. The van der Waals surface area contributed by atoms with E-state index in [1.807, 2.05) is 30.3 Å². The Morgan fingerprint density at radius 2 is 1.75 bits per heavy atom. The molecule has 0 aliphatic carbocycles. The molecule has 170 valence electrons. The summed E-state index contributed by atoms with van der Waals surface area (Å²) >= 11 is 0. The second kappa shape index (κ2) is 10.3. The van der Waals surface area contributed by atoms with Crippen molar-refractivity contribution < 1.29 is 23.2 Å². The van der Waals surface area contributed by atoms with Crippen molar-refractivity contribution >= 4 is 17.7 Å². The summed E-state index contributed by atoms with van der Waals surface area (Å²) in [5, 5.41) is 5.25. The van der Waals surface area contributed by atoms with Gasteiger partial charge in [-0.2, -0.15) is 0 Å². The van der Waals surface area contributed by atoms with Crippen molar-refractivity contribution in [2.75, 3.05) is 7.05 Å². The number of carbonyl (C=O) groups is 3. The van der Waals surface area contributed by atoms with Gasteiger partial charge in [0.25, 0.3) is 0 Å². The number of likely N-dealkylation sites (N-methyl/N-ethyl adjacent to an activating group) is 1. The SMILES string of the molecule is C[C@H](NC(=O)Cc1cc(F)cc(F)c1)C(=O)N[C@H]1CCC[C@H](c2ccccc2)N(C)C1=O. The fourth-order valence-corrected chi connectivity index (χ4v) is 3.98. The Bertz CT molecular complexity index is 963. The molecular weight excluding hydrogens is 416 g/mol. The van der Waals surface area contributed by atoms with Gasteiger partial charge in [-0.05, 0) is 49.4 Å². The predicted octanol–water partition coefficient (Wildman–Crippen LogP) is 2.88. The van der Waals surface area contributed by atoms with E-state index >= 15 is 0 Å². The summed E-state index contributed by atoms with van der Waals surface area (Å²) in [4.78, 5) is 39.4. The maximum Gasteiger partial charge on any atom is 0.245 e. The number of rotatable bonds is 6. The summed E-state index contributed by atoms with van der Waals surface area (Å²) in [5.74, 6) is -2.77. The molecule has 0 spiro atoms. The van der Waals surface area contributed by atoms with Gasteiger partial charge in [-0.25, -0.2) is 8.78 Å². The number of benzene rings is 2. The quantitative estimate of drug-likeness (QED) is 0.721. The van der Waals surface area contributed by atoms with Gasteiger partial charge in [0.1, 0.15) is 23.7 Å². The van der Waals surface area contributed by atoms with Crippen LogP contribution in [0.2, 0.25) is 0 Å². The molecule has 2 N–H and O–H groups in total. The maximum absolute atomic E-state index is 13.3. The fourth-order valence-electron chi connectivity index (χ4n) is 3.98. The standard InChI is InChI=1S/C24H27F2N3O3/c1-15(27-22(30)13-16-11-18(25)14-19(26)12-16)23(31)28-20-9-6-10-21(29(2)24(20)32)17-7-4-3-5-8-17/h3-5,7-8,11-12,14-15,20-21H,6,9-10,13H2,1-2H3,(H,27,30)(H,28,31)/t15-,20-,21+/m0/s1. The van der Waals surface area contributed by atoms with Crippen molar-refractivity contribution in [3.63, 3.8) is 0 Å². The summed E-state index contributed by atoms with van der Waals surface area (Å²) in [6.45, 7) is 1.50. The Balaban J connectivity index is 1.57. The van der Waals surface area contributed by atoms with Gasteiger partial charge < -0.3 is 15.5 Å². The number of amides is 3. The van der Waals surface area contributed by atoms with Gasteiger partial charge in [-0.3, -0.25) is 14.4 Å². The summed E-state index contributed by atoms with van der Waals surface area (Å²) in [5.41, 5.74) is 1.21. The van der Waals surface area contributed by atoms with E-state index in [4.69, 9.17) is 0 Å². The lowest BCUT2D eigenvalue weighted by Crippen LogP contribution is -2.52. The van der Waals surface area contributed by atoms with Crippen LogP contribution in [-0.2, 0) is 20.8 Å². The Kier molecular flexibility index (Phi) is 7.56. The zero-order valence-corrected chi connectivity index (χ0v) is 18.1. The van der Waals surface area contributed by atoms with E-state index in [2.05, 4.69) is 10.6 Å². The molecule has 8 heteroatoms. The van der Waals surface area contributed by atoms with E-state index in [0.29, 0.717) is 6.42 Å². The Morgan fingerprint density at radius 3 is 2.41 bits per heavy atom. The van der Waals surface area contributed by atoms with Crippen molar-refractivity contribution in [3.8, 4) is 0 Å². The normalized spacial score (nSPS) is 19.8. The van der Waals surface area contributed by atoms with Crippen LogP contribution in [0.4, 0.5) is 8.78 Å². The Labute approximate surface area is 186 Å². The Hall–Kier alpha value is -3.29. The average Bonchev–Trinajstić information content (AvgIpc) is 2.87. The molecule has 0 unspecified atom stereocenters. The number of hydrogen-bond donors (Lipinski definition) is 2. The predicted molar refractivity (Wildman–Crippen MR) is 115 cm³/mol. The second-order valence-corrected chi connectivity index (χ2v) is 8.11. The Morgan fingerprint density at radius 1 is 1.09 bits per heavy atom. The molecule has 1 aliphatic rings. The molecular formula is C24H27F2N3O3.